The van der Waals surface area contributed by atoms with Crippen molar-refractivity contribution < 1.29 is 17.9 Å². The highest BCUT2D eigenvalue weighted by molar-refractivity contribution is 5.28. The first-order valence-corrected chi connectivity index (χ1v) is 6.32. The maximum absolute atomic E-state index is 12.4. The number of nitrogens with one attached hydrogen (secondary N) is 1. The Morgan fingerprint density at radius 1 is 1.24 bits per heavy atom. The molecule has 0 amide bonds. The Kier molecular flexibility index (Phi) is 4.79. The second kappa shape index (κ2) is 6.57. The van der Waals surface area contributed by atoms with Crippen LogP contribution >= 0.6 is 0 Å². The molecule has 0 aliphatic carbocycles. The van der Waals surface area contributed by atoms with E-state index in [9.17, 15) is 13.2 Å². The van der Waals surface area contributed by atoms with Crippen LogP contribution in [0.25, 0.3) is 0 Å². The smallest absolute Gasteiger partial charge is 0.416 e. The number of hydrogen-bond donors (Lipinski definition) is 1. The highest BCUT2D eigenvalue weighted by Crippen LogP contribution is 2.30. The maximum Gasteiger partial charge on any atom is 0.416 e. The van der Waals surface area contributed by atoms with Crippen molar-refractivity contribution in [1.29, 1.82) is 0 Å². The maximum atomic E-state index is 12.4. The fourth-order valence-electron chi connectivity index (χ4n) is 1.71. The van der Waals surface area contributed by atoms with Gasteiger partial charge in [-0.1, -0.05) is 5.21 Å². The molecule has 0 unspecified atom stereocenters. The monoisotopic (exact) mass is 300 g/mol. The van der Waals surface area contributed by atoms with Gasteiger partial charge in [-0.15, -0.1) is 5.10 Å². The van der Waals surface area contributed by atoms with E-state index in [0.29, 0.717) is 25.4 Å². The van der Waals surface area contributed by atoms with Gasteiger partial charge in [0.05, 0.1) is 17.8 Å². The molecule has 0 saturated heterocycles. The minimum Gasteiger partial charge on any atom is -0.492 e. The number of hydrogen-bond acceptors (Lipinski definition) is 4. The van der Waals surface area contributed by atoms with Crippen LogP contribution in [0.1, 0.15) is 11.3 Å². The summed E-state index contributed by atoms with van der Waals surface area (Å²) in [6, 6.07) is 4.60. The number of nitrogens with zero attached hydrogens (tertiary/aromatic N) is 3. The van der Waals surface area contributed by atoms with Crippen LogP contribution in [0.2, 0.25) is 0 Å². The molecule has 21 heavy (non-hydrogen) atoms. The van der Waals surface area contributed by atoms with Gasteiger partial charge in [-0.25, -0.2) is 4.68 Å². The minimum atomic E-state index is -4.33. The molecule has 2 rings (SSSR count). The zero-order chi connectivity index (χ0) is 15.3. The number of ether oxygens (including phenoxy) is 1. The molecule has 0 aliphatic heterocycles. The first kappa shape index (κ1) is 15.3. The van der Waals surface area contributed by atoms with Crippen molar-refractivity contribution in [2.45, 2.75) is 19.3 Å². The summed E-state index contributed by atoms with van der Waals surface area (Å²) in [5.74, 6) is 0.388. The van der Waals surface area contributed by atoms with E-state index in [4.69, 9.17) is 4.74 Å². The number of aromatic nitrogens is 3. The molecule has 1 aromatic carbocycles. The van der Waals surface area contributed by atoms with Crippen LogP contribution in [0.3, 0.4) is 0 Å². The lowest BCUT2D eigenvalue weighted by Gasteiger charge is -2.09. The van der Waals surface area contributed by atoms with Crippen LogP contribution in [-0.4, -0.2) is 28.6 Å². The molecule has 5 nitrogen and oxygen atoms in total. The Labute approximate surface area is 119 Å². The molecule has 0 aliphatic rings. The Bertz CT molecular complexity index is 566. The summed E-state index contributed by atoms with van der Waals surface area (Å²) in [5.41, 5.74) is 0.120. The summed E-state index contributed by atoms with van der Waals surface area (Å²) in [5, 5.41) is 10.8. The molecule has 1 aromatic heterocycles. The van der Waals surface area contributed by atoms with E-state index in [-0.39, 0.29) is 0 Å². The third-order valence-corrected chi connectivity index (χ3v) is 2.71. The second-order valence-corrected chi connectivity index (χ2v) is 4.37. The van der Waals surface area contributed by atoms with Gasteiger partial charge >= 0.3 is 6.18 Å². The molecule has 114 valence electrons. The molecule has 1 N–H and O–H groups in total. The van der Waals surface area contributed by atoms with Crippen LogP contribution in [-0.2, 0) is 19.3 Å². The van der Waals surface area contributed by atoms with E-state index in [1.54, 1.807) is 10.9 Å². The summed E-state index contributed by atoms with van der Waals surface area (Å²) in [6.07, 6.45) is -2.55. The van der Waals surface area contributed by atoms with Crippen molar-refractivity contribution >= 4 is 0 Å². The lowest BCUT2D eigenvalue weighted by atomic mass is 10.2. The second-order valence-electron chi connectivity index (χ2n) is 4.37. The van der Waals surface area contributed by atoms with Crippen molar-refractivity contribution in [2.75, 3.05) is 13.7 Å². The molecule has 1 heterocycles. The third kappa shape index (κ3) is 4.45. The molecule has 0 spiro atoms. The predicted octanol–water partition coefficient (Wildman–Crippen LogP) is 2.10. The van der Waals surface area contributed by atoms with Crippen molar-refractivity contribution in [3.63, 3.8) is 0 Å². The Morgan fingerprint density at radius 2 is 1.95 bits per heavy atom. The number of alkyl halides is 3. The molecule has 2 aromatic rings. The lowest BCUT2D eigenvalue weighted by molar-refractivity contribution is -0.137. The summed E-state index contributed by atoms with van der Waals surface area (Å²) < 4.78 is 44.2. The minimum absolute atomic E-state index is 0.299. The van der Waals surface area contributed by atoms with Gasteiger partial charge in [0.1, 0.15) is 12.4 Å². The Morgan fingerprint density at radius 3 is 2.57 bits per heavy atom. The van der Waals surface area contributed by atoms with Gasteiger partial charge in [0.2, 0.25) is 0 Å². The van der Waals surface area contributed by atoms with Gasteiger partial charge in [-0.3, -0.25) is 0 Å². The average molecular weight is 300 g/mol. The van der Waals surface area contributed by atoms with Crippen LogP contribution < -0.4 is 10.1 Å². The van der Waals surface area contributed by atoms with E-state index < -0.39 is 11.7 Å². The molecule has 0 saturated carbocycles. The molecule has 0 atom stereocenters. The van der Waals surface area contributed by atoms with Crippen molar-refractivity contribution in [1.82, 2.24) is 20.3 Å². The number of rotatable bonds is 6. The normalized spacial score (nSPS) is 11.6. The van der Waals surface area contributed by atoms with Crippen molar-refractivity contribution in [2.24, 2.45) is 0 Å². The van der Waals surface area contributed by atoms with E-state index >= 15 is 0 Å². The summed E-state index contributed by atoms with van der Waals surface area (Å²) >= 11 is 0. The molecule has 8 heteroatoms. The molecule has 0 fully saturated rings. The predicted molar refractivity (Wildman–Crippen MR) is 69.7 cm³/mol. The van der Waals surface area contributed by atoms with Crippen LogP contribution in [0.4, 0.5) is 13.2 Å². The highest BCUT2D eigenvalue weighted by atomic mass is 19.4. The van der Waals surface area contributed by atoms with E-state index in [2.05, 4.69) is 15.6 Å². The van der Waals surface area contributed by atoms with Gasteiger partial charge < -0.3 is 10.1 Å². The summed E-state index contributed by atoms with van der Waals surface area (Å²) in [4.78, 5) is 0. The molecular weight excluding hydrogens is 285 g/mol. The van der Waals surface area contributed by atoms with Gasteiger partial charge in [-0.2, -0.15) is 13.2 Å². The fourth-order valence-corrected chi connectivity index (χ4v) is 1.71. The van der Waals surface area contributed by atoms with Crippen LogP contribution in [0.15, 0.2) is 30.5 Å². The van der Waals surface area contributed by atoms with E-state index in [1.807, 2.05) is 7.05 Å². The molecule has 0 radical (unpaired) electrons. The first-order chi connectivity index (χ1) is 9.99. The van der Waals surface area contributed by atoms with Gasteiger partial charge in [0.25, 0.3) is 0 Å². The van der Waals surface area contributed by atoms with Crippen LogP contribution in [0.5, 0.6) is 5.75 Å². The zero-order valence-electron chi connectivity index (χ0n) is 11.4. The highest BCUT2D eigenvalue weighted by Gasteiger charge is 2.29. The quantitative estimate of drug-likeness (QED) is 0.887. The average Bonchev–Trinajstić information content (AvgIpc) is 2.86. The SMILES string of the molecule is CNCc1cn(CCOc2ccc(C(F)(F)F)cc2)nn1. The molecular formula is C13H15F3N4O. The van der Waals surface area contributed by atoms with E-state index in [1.165, 1.54) is 12.1 Å². The standard InChI is InChI=1S/C13H15F3N4O/c1-17-8-11-9-20(19-18-11)6-7-21-12-4-2-10(3-5-12)13(14,15)16/h2-5,9,17H,6-8H2,1H3. The lowest BCUT2D eigenvalue weighted by Crippen LogP contribution is -2.09. The van der Waals surface area contributed by atoms with Crippen LogP contribution in [0, 0.1) is 0 Å². The Balaban J connectivity index is 1.82. The largest absolute Gasteiger partial charge is 0.492 e. The Hall–Kier alpha value is -2.09. The van der Waals surface area contributed by atoms with Gasteiger partial charge in [0, 0.05) is 12.7 Å². The van der Waals surface area contributed by atoms with Gasteiger partial charge in [0.15, 0.2) is 0 Å². The van der Waals surface area contributed by atoms with E-state index in [0.717, 1.165) is 17.8 Å². The number of benzene rings is 1. The number of halogens is 3. The van der Waals surface area contributed by atoms with Crippen molar-refractivity contribution in [3.05, 3.63) is 41.7 Å². The van der Waals surface area contributed by atoms with Crippen molar-refractivity contribution in [3.8, 4) is 5.75 Å². The summed E-state index contributed by atoms with van der Waals surface area (Å²) in [6.45, 7) is 1.39. The fraction of sp³-hybridized carbons (Fsp3) is 0.385. The van der Waals surface area contributed by atoms with Gasteiger partial charge in [-0.05, 0) is 31.3 Å². The third-order valence-electron chi connectivity index (χ3n) is 2.71. The zero-order valence-corrected chi connectivity index (χ0v) is 11.4. The topological polar surface area (TPSA) is 52.0 Å². The first-order valence-electron chi connectivity index (χ1n) is 6.32. The summed E-state index contributed by atoms with van der Waals surface area (Å²) in [7, 11) is 1.81. The molecule has 0 bridgehead atoms.